The van der Waals surface area contributed by atoms with E-state index < -0.39 is 10.1 Å². The van der Waals surface area contributed by atoms with Gasteiger partial charge in [-0.25, -0.2) is 0 Å². The van der Waals surface area contributed by atoms with E-state index in [0.29, 0.717) is 0 Å². The van der Waals surface area contributed by atoms with E-state index >= 15 is 0 Å². The van der Waals surface area contributed by atoms with Crippen molar-refractivity contribution in [2.24, 2.45) is 0 Å². The van der Waals surface area contributed by atoms with E-state index in [-0.39, 0.29) is 57.7 Å². The Morgan fingerprint density at radius 1 is 1.23 bits per heavy atom. The van der Waals surface area contributed by atoms with E-state index in [4.69, 9.17) is 4.55 Å². The van der Waals surface area contributed by atoms with Crippen molar-refractivity contribution in [3.05, 3.63) is 29.3 Å². The minimum absolute atomic E-state index is 0. The maximum Gasteiger partial charge on any atom is 1.00 e. The summed E-state index contributed by atoms with van der Waals surface area (Å²) in [6.45, 7) is 3.67. The molecule has 1 rings (SSSR count). The molecule has 0 saturated heterocycles. The molecule has 0 heterocycles. The van der Waals surface area contributed by atoms with Crippen LogP contribution in [-0.2, 0) is 10.1 Å². The summed E-state index contributed by atoms with van der Waals surface area (Å²) in [7, 11) is -4.04. The number of hydrogen-bond acceptors (Lipinski definition) is 2. The van der Waals surface area contributed by atoms with E-state index in [1.165, 1.54) is 12.1 Å². The predicted octanol–water partition coefficient (Wildman–Crippen LogP) is -1.33. The molecule has 13 heavy (non-hydrogen) atoms. The number of benzene rings is 1. The normalized spacial score (nSPS) is 10.7. The quantitative estimate of drug-likeness (QED) is 0.477. The van der Waals surface area contributed by atoms with Crippen LogP contribution in [0, 0.1) is 13.8 Å². The summed E-state index contributed by atoms with van der Waals surface area (Å²) in [6, 6.07) is 4.50. The second-order valence-corrected chi connectivity index (χ2v) is 4.14. The van der Waals surface area contributed by atoms with Gasteiger partial charge in [-0.1, -0.05) is 6.07 Å². The zero-order chi connectivity index (χ0) is 9.35. The summed E-state index contributed by atoms with van der Waals surface area (Å²) in [5.41, 5.74) is 1.85. The molecule has 0 atom stereocenters. The second-order valence-electron chi connectivity index (χ2n) is 2.72. The van der Waals surface area contributed by atoms with Crippen LogP contribution in [0.3, 0.4) is 0 Å². The van der Waals surface area contributed by atoms with E-state index in [1.807, 2.05) is 6.92 Å². The number of rotatable bonds is 1. The first-order valence-corrected chi connectivity index (χ1v) is 4.90. The Balaban J connectivity index is 0. The van der Waals surface area contributed by atoms with Gasteiger partial charge < -0.3 is 1.43 Å². The van der Waals surface area contributed by atoms with Gasteiger partial charge in [-0.15, -0.1) is 0 Å². The Hall–Kier alpha value is 0.766. The minimum atomic E-state index is -4.04. The molecule has 0 fully saturated rings. The fourth-order valence-electron chi connectivity index (χ4n) is 0.874. The molecule has 0 saturated carbocycles. The first-order valence-electron chi connectivity index (χ1n) is 3.46. The van der Waals surface area contributed by atoms with Crippen molar-refractivity contribution in [3.63, 3.8) is 0 Å². The van der Waals surface area contributed by atoms with E-state index in [2.05, 4.69) is 0 Å². The summed E-state index contributed by atoms with van der Waals surface area (Å²) >= 11 is 0. The van der Waals surface area contributed by atoms with Crippen molar-refractivity contribution in [2.45, 2.75) is 18.7 Å². The smallest absolute Gasteiger partial charge is 1.00 e. The molecule has 1 aromatic rings. The molecule has 0 radical (unpaired) electrons. The zero-order valence-corrected chi connectivity index (χ0v) is 11.8. The van der Waals surface area contributed by atoms with Gasteiger partial charge >= 0.3 is 51.4 Å². The molecule has 0 bridgehead atoms. The fraction of sp³-hybridized carbons (Fsp3) is 0.250. The predicted molar refractivity (Wildman–Crippen MR) is 46.8 cm³/mol. The third-order valence-electron chi connectivity index (χ3n) is 1.78. The minimum Gasteiger partial charge on any atom is -1.00 e. The van der Waals surface area contributed by atoms with Crippen molar-refractivity contribution in [3.8, 4) is 0 Å². The molecule has 0 spiro atoms. The van der Waals surface area contributed by atoms with Crippen molar-refractivity contribution in [2.75, 3.05) is 0 Å². The Morgan fingerprint density at radius 2 is 1.77 bits per heavy atom. The summed E-state index contributed by atoms with van der Waals surface area (Å²) in [5.74, 6) is 0. The van der Waals surface area contributed by atoms with Gasteiger partial charge in [0.1, 0.15) is 0 Å². The summed E-state index contributed by atoms with van der Waals surface area (Å²) in [5, 5.41) is 0. The van der Waals surface area contributed by atoms with Crippen LogP contribution >= 0.6 is 0 Å². The molecule has 1 N–H and O–H groups in total. The SMILES string of the molecule is Cc1ccc(S(=O)(=O)O)cc1C.[H-].[K+]. The van der Waals surface area contributed by atoms with Crippen molar-refractivity contribution in [1.82, 2.24) is 0 Å². The van der Waals surface area contributed by atoms with Gasteiger partial charge in [0.2, 0.25) is 0 Å². The Morgan fingerprint density at radius 3 is 2.15 bits per heavy atom. The van der Waals surface area contributed by atoms with Crippen LogP contribution in [0.15, 0.2) is 23.1 Å². The molecule has 68 valence electrons. The van der Waals surface area contributed by atoms with Crippen molar-refractivity contribution < 1.29 is 65.8 Å². The van der Waals surface area contributed by atoms with Crippen LogP contribution < -0.4 is 51.4 Å². The fourth-order valence-corrected chi connectivity index (χ4v) is 1.44. The molecule has 3 nitrogen and oxygen atoms in total. The van der Waals surface area contributed by atoms with Crippen LogP contribution in [0.4, 0.5) is 0 Å². The first kappa shape index (κ1) is 13.8. The zero-order valence-electron chi connectivity index (χ0n) is 8.90. The molecular formula is C8H11KO3S. The van der Waals surface area contributed by atoms with Gasteiger partial charge in [-0.05, 0) is 37.1 Å². The molecule has 0 aliphatic rings. The third-order valence-corrected chi connectivity index (χ3v) is 2.63. The van der Waals surface area contributed by atoms with Crippen LogP contribution in [0.1, 0.15) is 12.6 Å². The van der Waals surface area contributed by atoms with Crippen LogP contribution in [-0.4, -0.2) is 13.0 Å². The molecule has 0 aromatic heterocycles. The summed E-state index contributed by atoms with van der Waals surface area (Å²) < 4.78 is 30.0. The first-order chi connectivity index (χ1) is 5.41. The average Bonchev–Trinajstić information content (AvgIpc) is 1.92. The third kappa shape index (κ3) is 3.79. The Bertz CT molecular complexity index is 403. The molecule has 5 heteroatoms. The molecule has 1 aromatic carbocycles. The second kappa shape index (κ2) is 5.02. The van der Waals surface area contributed by atoms with Gasteiger partial charge in [0, 0.05) is 0 Å². The van der Waals surface area contributed by atoms with E-state index in [1.54, 1.807) is 13.0 Å². The maximum atomic E-state index is 10.7. The molecule has 0 amide bonds. The van der Waals surface area contributed by atoms with E-state index in [0.717, 1.165) is 11.1 Å². The number of hydrogen-bond donors (Lipinski definition) is 1. The molecular weight excluding hydrogens is 215 g/mol. The Kier molecular flexibility index (Phi) is 5.31. The molecule has 0 aliphatic heterocycles. The summed E-state index contributed by atoms with van der Waals surface area (Å²) in [6.07, 6.45) is 0. The van der Waals surface area contributed by atoms with Crippen LogP contribution in [0.5, 0.6) is 0 Å². The van der Waals surface area contributed by atoms with Crippen LogP contribution in [0.2, 0.25) is 0 Å². The van der Waals surface area contributed by atoms with Gasteiger partial charge in [-0.3, -0.25) is 4.55 Å². The van der Waals surface area contributed by atoms with Gasteiger partial charge in [0.15, 0.2) is 0 Å². The van der Waals surface area contributed by atoms with Gasteiger partial charge in [-0.2, -0.15) is 8.42 Å². The topological polar surface area (TPSA) is 54.4 Å². The van der Waals surface area contributed by atoms with E-state index in [9.17, 15) is 8.42 Å². The number of aryl methyl sites for hydroxylation is 2. The van der Waals surface area contributed by atoms with Crippen molar-refractivity contribution >= 4 is 10.1 Å². The van der Waals surface area contributed by atoms with Crippen molar-refractivity contribution in [1.29, 1.82) is 0 Å². The monoisotopic (exact) mass is 226 g/mol. The standard InChI is InChI=1S/C8H10O3S.K.H/c1-6-3-4-8(5-7(6)2)12(9,10)11;;/h3-5H,1-2H3,(H,9,10,11);;/q;+1;-1. The van der Waals surface area contributed by atoms with Gasteiger partial charge in [0.05, 0.1) is 4.90 Å². The molecule has 0 aliphatic carbocycles. The summed E-state index contributed by atoms with van der Waals surface area (Å²) in [4.78, 5) is -0.0504. The molecule has 0 unspecified atom stereocenters. The van der Waals surface area contributed by atoms with Crippen LogP contribution in [0.25, 0.3) is 0 Å². The Labute approximate surface area is 122 Å². The largest absolute Gasteiger partial charge is 1.00 e. The average molecular weight is 226 g/mol. The maximum absolute atomic E-state index is 10.7. The van der Waals surface area contributed by atoms with Gasteiger partial charge in [0.25, 0.3) is 10.1 Å².